The molecule has 0 aliphatic rings. The molecule has 0 aromatic carbocycles. The average molecular weight is 275 g/mol. The Labute approximate surface area is 116 Å². The summed E-state index contributed by atoms with van der Waals surface area (Å²) in [5.41, 5.74) is 0.637. The molecule has 106 valence electrons. The van der Waals surface area contributed by atoms with Crippen LogP contribution in [0.2, 0.25) is 0 Å². The van der Waals surface area contributed by atoms with Crippen LogP contribution in [0.4, 0.5) is 0 Å². The van der Waals surface area contributed by atoms with E-state index in [4.69, 9.17) is 0 Å². The normalized spacial score (nSPS) is 12.2. The predicted octanol–water partition coefficient (Wildman–Crippen LogP) is 0.196. The van der Waals surface area contributed by atoms with Crippen LogP contribution >= 0.6 is 0 Å². The molecule has 2 aromatic heterocycles. The van der Waals surface area contributed by atoms with Gasteiger partial charge >= 0.3 is 5.69 Å². The van der Waals surface area contributed by atoms with Crippen LogP contribution in [0.1, 0.15) is 18.5 Å². The smallest absolute Gasteiger partial charge is 0.337 e. The Morgan fingerprint density at radius 2 is 2.25 bits per heavy atom. The Morgan fingerprint density at radius 1 is 1.50 bits per heavy atom. The SMILES string of the molecule is C[C@@H](c1cccnc1)N(C)C(=O)Cn1ncn(C)c1=O. The third-order valence-electron chi connectivity index (χ3n) is 3.31. The maximum atomic E-state index is 12.2. The van der Waals surface area contributed by atoms with E-state index in [9.17, 15) is 9.59 Å². The lowest BCUT2D eigenvalue weighted by Gasteiger charge is -2.24. The Balaban J connectivity index is 2.09. The van der Waals surface area contributed by atoms with E-state index in [1.807, 2.05) is 19.1 Å². The van der Waals surface area contributed by atoms with E-state index in [2.05, 4.69) is 10.1 Å². The number of aromatic nitrogens is 4. The maximum Gasteiger partial charge on any atom is 0.345 e. The Bertz CT molecular complexity index is 646. The number of pyridine rings is 1. The number of amides is 1. The molecule has 1 amide bonds. The van der Waals surface area contributed by atoms with Gasteiger partial charge in [0.2, 0.25) is 5.91 Å². The van der Waals surface area contributed by atoms with E-state index in [0.717, 1.165) is 10.2 Å². The van der Waals surface area contributed by atoms with Crippen molar-refractivity contribution in [2.45, 2.75) is 19.5 Å². The summed E-state index contributed by atoms with van der Waals surface area (Å²) in [4.78, 5) is 29.5. The number of aryl methyl sites for hydroxylation is 1. The third kappa shape index (κ3) is 2.76. The second kappa shape index (κ2) is 5.68. The second-order valence-corrected chi connectivity index (χ2v) is 4.65. The monoisotopic (exact) mass is 275 g/mol. The summed E-state index contributed by atoms with van der Waals surface area (Å²) in [5.74, 6) is -0.179. The first-order valence-corrected chi connectivity index (χ1v) is 6.24. The van der Waals surface area contributed by atoms with E-state index in [1.165, 1.54) is 10.9 Å². The van der Waals surface area contributed by atoms with Gasteiger partial charge in [0.05, 0.1) is 6.04 Å². The van der Waals surface area contributed by atoms with E-state index in [1.54, 1.807) is 31.4 Å². The molecule has 2 heterocycles. The lowest BCUT2D eigenvalue weighted by molar-refractivity contribution is -0.132. The molecule has 0 saturated carbocycles. The summed E-state index contributed by atoms with van der Waals surface area (Å²) in [6.45, 7) is 1.84. The van der Waals surface area contributed by atoms with Gasteiger partial charge in [-0.1, -0.05) is 6.07 Å². The largest absolute Gasteiger partial charge is 0.345 e. The lowest BCUT2D eigenvalue weighted by Crippen LogP contribution is -2.36. The Kier molecular flexibility index (Phi) is 3.97. The zero-order valence-corrected chi connectivity index (χ0v) is 11.7. The number of hydrogen-bond donors (Lipinski definition) is 0. The van der Waals surface area contributed by atoms with Crippen LogP contribution in [0.5, 0.6) is 0 Å². The highest BCUT2D eigenvalue weighted by molar-refractivity contribution is 5.76. The van der Waals surface area contributed by atoms with Crippen molar-refractivity contribution in [3.8, 4) is 0 Å². The standard InChI is InChI=1S/C13H17N5O2/c1-10(11-5-4-6-14-7-11)17(3)12(19)8-18-13(20)16(2)9-15-18/h4-7,9-10H,8H2,1-3H3/t10-/m0/s1. The highest BCUT2D eigenvalue weighted by Crippen LogP contribution is 2.17. The fourth-order valence-electron chi connectivity index (χ4n) is 1.83. The van der Waals surface area contributed by atoms with Crippen molar-refractivity contribution in [1.29, 1.82) is 0 Å². The van der Waals surface area contributed by atoms with Gasteiger partial charge in [-0.15, -0.1) is 0 Å². The molecule has 1 atom stereocenters. The van der Waals surface area contributed by atoms with Crippen molar-refractivity contribution in [3.63, 3.8) is 0 Å². The Morgan fingerprint density at radius 3 is 2.80 bits per heavy atom. The molecule has 0 fully saturated rings. The van der Waals surface area contributed by atoms with Gasteiger partial charge in [0, 0.05) is 26.5 Å². The molecule has 0 unspecified atom stereocenters. The van der Waals surface area contributed by atoms with Crippen LogP contribution in [0.15, 0.2) is 35.6 Å². The van der Waals surface area contributed by atoms with E-state index >= 15 is 0 Å². The Hall–Kier alpha value is -2.44. The minimum atomic E-state index is -0.305. The zero-order chi connectivity index (χ0) is 14.7. The number of rotatable bonds is 4. The molecule has 20 heavy (non-hydrogen) atoms. The average Bonchev–Trinajstić information content (AvgIpc) is 2.78. The molecule has 2 rings (SSSR count). The van der Waals surface area contributed by atoms with Crippen LogP contribution in [-0.2, 0) is 18.4 Å². The molecule has 0 aliphatic heterocycles. The van der Waals surface area contributed by atoms with Gasteiger partial charge in [-0.25, -0.2) is 9.48 Å². The number of hydrogen-bond acceptors (Lipinski definition) is 4. The summed E-state index contributed by atoms with van der Waals surface area (Å²) in [7, 11) is 3.30. The van der Waals surface area contributed by atoms with E-state index in [0.29, 0.717) is 0 Å². The topological polar surface area (TPSA) is 73.0 Å². The molecule has 0 spiro atoms. The van der Waals surface area contributed by atoms with Gasteiger partial charge in [0.15, 0.2) is 0 Å². The molecular formula is C13H17N5O2. The maximum absolute atomic E-state index is 12.2. The van der Waals surface area contributed by atoms with E-state index in [-0.39, 0.29) is 24.2 Å². The fourth-order valence-corrected chi connectivity index (χ4v) is 1.83. The van der Waals surface area contributed by atoms with Crippen molar-refractivity contribution in [3.05, 3.63) is 46.9 Å². The molecule has 0 bridgehead atoms. The number of likely N-dealkylation sites (N-methyl/N-ethyl adjacent to an activating group) is 1. The van der Waals surface area contributed by atoms with Gasteiger partial charge in [0.25, 0.3) is 0 Å². The molecule has 0 saturated heterocycles. The summed E-state index contributed by atoms with van der Waals surface area (Å²) < 4.78 is 2.48. The third-order valence-corrected chi connectivity index (χ3v) is 3.31. The number of carbonyl (C=O) groups is 1. The molecule has 7 nitrogen and oxygen atoms in total. The van der Waals surface area contributed by atoms with Crippen LogP contribution in [0, 0.1) is 0 Å². The quantitative estimate of drug-likeness (QED) is 0.799. The molecule has 0 N–H and O–H groups in total. The molecule has 0 radical (unpaired) electrons. The predicted molar refractivity (Wildman–Crippen MR) is 72.9 cm³/mol. The fraction of sp³-hybridized carbons (Fsp3) is 0.385. The van der Waals surface area contributed by atoms with Crippen LogP contribution in [0.25, 0.3) is 0 Å². The summed E-state index contributed by atoms with van der Waals surface area (Å²) >= 11 is 0. The van der Waals surface area contributed by atoms with Crippen molar-refractivity contribution >= 4 is 5.91 Å². The van der Waals surface area contributed by atoms with Crippen molar-refractivity contribution in [2.75, 3.05) is 7.05 Å². The highest BCUT2D eigenvalue weighted by Gasteiger charge is 2.19. The minimum absolute atomic E-state index is 0.0687. The van der Waals surface area contributed by atoms with E-state index < -0.39 is 0 Å². The van der Waals surface area contributed by atoms with Crippen molar-refractivity contribution in [2.24, 2.45) is 7.05 Å². The molecule has 7 heteroatoms. The second-order valence-electron chi connectivity index (χ2n) is 4.65. The van der Waals surface area contributed by atoms with Crippen LogP contribution in [-0.4, -0.2) is 37.2 Å². The van der Waals surface area contributed by atoms with Gasteiger partial charge in [-0.2, -0.15) is 5.10 Å². The van der Waals surface area contributed by atoms with Crippen molar-refractivity contribution in [1.82, 2.24) is 24.2 Å². The number of carbonyl (C=O) groups excluding carboxylic acids is 1. The van der Waals surface area contributed by atoms with Crippen LogP contribution in [0.3, 0.4) is 0 Å². The molecule has 2 aromatic rings. The van der Waals surface area contributed by atoms with Gasteiger partial charge in [-0.3, -0.25) is 14.3 Å². The molecular weight excluding hydrogens is 258 g/mol. The van der Waals surface area contributed by atoms with Gasteiger partial charge in [-0.05, 0) is 18.6 Å². The zero-order valence-electron chi connectivity index (χ0n) is 11.7. The lowest BCUT2D eigenvalue weighted by atomic mass is 10.1. The van der Waals surface area contributed by atoms with Gasteiger partial charge in [0.1, 0.15) is 12.9 Å². The first kappa shape index (κ1) is 14.0. The first-order chi connectivity index (χ1) is 9.50. The first-order valence-electron chi connectivity index (χ1n) is 6.24. The molecule has 0 aliphatic carbocycles. The summed E-state index contributed by atoms with van der Waals surface area (Å²) in [6, 6.07) is 3.62. The number of nitrogens with zero attached hydrogens (tertiary/aromatic N) is 5. The summed E-state index contributed by atoms with van der Waals surface area (Å²) in [5, 5.41) is 3.88. The van der Waals surface area contributed by atoms with Crippen molar-refractivity contribution < 1.29 is 4.79 Å². The minimum Gasteiger partial charge on any atom is -0.337 e. The summed E-state index contributed by atoms with van der Waals surface area (Å²) in [6.07, 6.45) is 4.80. The van der Waals surface area contributed by atoms with Gasteiger partial charge < -0.3 is 4.90 Å². The van der Waals surface area contributed by atoms with Crippen LogP contribution < -0.4 is 5.69 Å². The highest BCUT2D eigenvalue weighted by atomic mass is 16.2.